The van der Waals surface area contributed by atoms with Crippen LogP contribution in [0.25, 0.3) is 0 Å². The highest BCUT2D eigenvalue weighted by molar-refractivity contribution is 5.20. The number of benzene rings is 1. The number of nitrogens with zero attached hydrogens (tertiary/aromatic N) is 1. The minimum atomic E-state index is -0.906. The summed E-state index contributed by atoms with van der Waals surface area (Å²) in [6.07, 6.45) is 5.28. The topological polar surface area (TPSA) is 23.5 Å². The van der Waals surface area contributed by atoms with E-state index in [4.69, 9.17) is 0 Å². The summed E-state index contributed by atoms with van der Waals surface area (Å²) in [5.74, 6) is -1.78. The highest BCUT2D eigenvalue weighted by atomic mass is 19.2. The van der Waals surface area contributed by atoms with Crippen molar-refractivity contribution in [2.24, 2.45) is 0 Å². The smallest absolute Gasteiger partial charge is 0.159 e. The Hall–Kier alpha value is -1.00. The number of aliphatic hydroxyl groups excluding tert-OH is 1. The van der Waals surface area contributed by atoms with Gasteiger partial charge in [0.25, 0.3) is 0 Å². The van der Waals surface area contributed by atoms with E-state index >= 15 is 0 Å². The van der Waals surface area contributed by atoms with Gasteiger partial charge in [0.1, 0.15) is 0 Å². The van der Waals surface area contributed by atoms with Crippen molar-refractivity contribution >= 4 is 0 Å². The second-order valence-electron chi connectivity index (χ2n) is 5.42. The highest BCUT2D eigenvalue weighted by Gasteiger charge is 2.21. The molecular formula is C15H21F2NO. The molecule has 0 aliphatic heterocycles. The van der Waals surface area contributed by atoms with Crippen LogP contribution in [0.15, 0.2) is 18.2 Å². The molecule has 4 heteroatoms. The van der Waals surface area contributed by atoms with Crippen molar-refractivity contribution < 1.29 is 13.9 Å². The zero-order chi connectivity index (χ0) is 13.8. The molecule has 1 aromatic rings. The van der Waals surface area contributed by atoms with Gasteiger partial charge in [-0.15, -0.1) is 0 Å². The predicted molar refractivity (Wildman–Crippen MR) is 70.8 cm³/mol. The van der Waals surface area contributed by atoms with Gasteiger partial charge >= 0.3 is 0 Å². The van der Waals surface area contributed by atoms with E-state index in [1.54, 1.807) is 0 Å². The Labute approximate surface area is 113 Å². The molecule has 1 saturated carbocycles. The second-order valence-corrected chi connectivity index (χ2v) is 5.42. The van der Waals surface area contributed by atoms with Gasteiger partial charge in [0.05, 0.1) is 6.10 Å². The maximum Gasteiger partial charge on any atom is 0.159 e. The lowest BCUT2D eigenvalue weighted by Crippen LogP contribution is -2.36. The van der Waals surface area contributed by atoms with E-state index in [-0.39, 0.29) is 0 Å². The van der Waals surface area contributed by atoms with Crippen LogP contribution in [0.1, 0.15) is 43.8 Å². The molecule has 0 radical (unpaired) electrons. The van der Waals surface area contributed by atoms with E-state index < -0.39 is 17.7 Å². The monoisotopic (exact) mass is 269 g/mol. The summed E-state index contributed by atoms with van der Waals surface area (Å²) in [5, 5.41) is 10.1. The van der Waals surface area contributed by atoms with Crippen molar-refractivity contribution in [2.45, 2.75) is 44.2 Å². The third-order valence-corrected chi connectivity index (χ3v) is 3.99. The van der Waals surface area contributed by atoms with E-state index in [0.29, 0.717) is 18.2 Å². The van der Waals surface area contributed by atoms with E-state index in [9.17, 15) is 13.9 Å². The molecule has 2 rings (SSSR count). The Balaban J connectivity index is 1.95. The van der Waals surface area contributed by atoms with E-state index in [1.165, 1.54) is 25.3 Å². The molecule has 0 bridgehead atoms. The van der Waals surface area contributed by atoms with Crippen LogP contribution < -0.4 is 0 Å². The zero-order valence-corrected chi connectivity index (χ0v) is 11.3. The molecule has 106 valence electrons. The summed E-state index contributed by atoms with van der Waals surface area (Å²) in [4.78, 5) is 2.13. The number of halogens is 2. The van der Waals surface area contributed by atoms with Gasteiger partial charge in [-0.05, 0) is 37.6 Å². The van der Waals surface area contributed by atoms with Crippen LogP contribution in [0.3, 0.4) is 0 Å². The number of rotatable bonds is 4. The highest BCUT2D eigenvalue weighted by Crippen LogP contribution is 2.24. The Kier molecular flexibility index (Phi) is 4.88. The van der Waals surface area contributed by atoms with E-state index in [1.807, 2.05) is 7.05 Å². The molecule has 2 nitrogen and oxygen atoms in total. The minimum Gasteiger partial charge on any atom is -0.387 e. The first kappa shape index (κ1) is 14.4. The minimum absolute atomic E-state index is 0.432. The van der Waals surface area contributed by atoms with E-state index in [2.05, 4.69) is 4.90 Å². The molecule has 19 heavy (non-hydrogen) atoms. The van der Waals surface area contributed by atoms with Gasteiger partial charge in [-0.2, -0.15) is 0 Å². The van der Waals surface area contributed by atoms with Crippen molar-refractivity contribution in [3.05, 3.63) is 35.4 Å². The van der Waals surface area contributed by atoms with Gasteiger partial charge in [-0.3, -0.25) is 0 Å². The van der Waals surface area contributed by atoms with Crippen LogP contribution >= 0.6 is 0 Å². The van der Waals surface area contributed by atoms with Gasteiger partial charge in [0, 0.05) is 12.6 Å². The zero-order valence-electron chi connectivity index (χ0n) is 11.3. The lowest BCUT2D eigenvalue weighted by atomic mass is 9.94. The summed E-state index contributed by atoms with van der Waals surface area (Å²) in [7, 11) is 1.99. The normalized spacial score (nSPS) is 18.8. The van der Waals surface area contributed by atoms with Gasteiger partial charge in [0.15, 0.2) is 11.6 Å². The average Bonchev–Trinajstić information content (AvgIpc) is 2.42. The summed E-state index contributed by atoms with van der Waals surface area (Å²) < 4.78 is 26.0. The molecule has 1 aromatic carbocycles. The third-order valence-electron chi connectivity index (χ3n) is 3.99. The first-order valence-electron chi connectivity index (χ1n) is 6.91. The maximum absolute atomic E-state index is 13.1. The van der Waals surface area contributed by atoms with Crippen LogP contribution in [-0.4, -0.2) is 29.6 Å². The largest absolute Gasteiger partial charge is 0.387 e. The quantitative estimate of drug-likeness (QED) is 0.907. The summed E-state index contributed by atoms with van der Waals surface area (Å²) >= 11 is 0. The molecule has 0 spiro atoms. The average molecular weight is 269 g/mol. The summed E-state index contributed by atoms with van der Waals surface area (Å²) in [5.41, 5.74) is 0.432. The second kappa shape index (κ2) is 6.44. The molecule has 1 fully saturated rings. The van der Waals surface area contributed by atoms with Crippen molar-refractivity contribution in [2.75, 3.05) is 13.6 Å². The van der Waals surface area contributed by atoms with Crippen molar-refractivity contribution in [3.63, 3.8) is 0 Å². The van der Waals surface area contributed by atoms with Crippen LogP contribution in [0, 0.1) is 11.6 Å². The van der Waals surface area contributed by atoms with Gasteiger partial charge in [-0.1, -0.05) is 25.3 Å². The number of hydrogen-bond acceptors (Lipinski definition) is 2. The maximum atomic E-state index is 13.1. The fourth-order valence-electron chi connectivity index (χ4n) is 2.77. The van der Waals surface area contributed by atoms with Crippen molar-refractivity contribution in [1.29, 1.82) is 0 Å². The Morgan fingerprint density at radius 2 is 1.89 bits per heavy atom. The fraction of sp³-hybridized carbons (Fsp3) is 0.600. The Morgan fingerprint density at radius 3 is 2.53 bits per heavy atom. The lowest BCUT2D eigenvalue weighted by molar-refractivity contribution is 0.0911. The molecule has 0 amide bonds. The van der Waals surface area contributed by atoms with Crippen LogP contribution in [0.4, 0.5) is 8.78 Å². The fourth-order valence-corrected chi connectivity index (χ4v) is 2.77. The molecule has 0 aromatic heterocycles. The van der Waals surface area contributed by atoms with Crippen molar-refractivity contribution in [1.82, 2.24) is 4.90 Å². The van der Waals surface area contributed by atoms with Crippen molar-refractivity contribution in [3.8, 4) is 0 Å². The first-order chi connectivity index (χ1) is 9.08. The molecule has 0 heterocycles. The molecule has 1 atom stereocenters. The molecule has 1 N–H and O–H groups in total. The Bertz CT molecular complexity index is 419. The molecular weight excluding hydrogens is 248 g/mol. The SMILES string of the molecule is CN(CC(O)c1ccc(F)c(F)c1)C1CCCCC1. The van der Waals surface area contributed by atoms with Gasteiger partial charge in [-0.25, -0.2) is 8.78 Å². The molecule has 0 saturated heterocycles. The number of likely N-dealkylation sites (N-methyl/N-ethyl adjacent to an activating group) is 1. The van der Waals surface area contributed by atoms with Crippen LogP contribution in [0.5, 0.6) is 0 Å². The van der Waals surface area contributed by atoms with Gasteiger partial charge in [0.2, 0.25) is 0 Å². The predicted octanol–water partition coefficient (Wildman–Crippen LogP) is 3.26. The molecule has 1 aliphatic carbocycles. The van der Waals surface area contributed by atoms with Crippen LogP contribution in [0.2, 0.25) is 0 Å². The molecule has 1 aliphatic rings. The number of aliphatic hydroxyl groups is 1. The summed E-state index contributed by atoms with van der Waals surface area (Å²) in [6, 6.07) is 4.08. The third kappa shape index (κ3) is 3.74. The van der Waals surface area contributed by atoms with Gasteiger partial charge < -0.3 is 10.0 Å². The number of hydrogen-bond donors (Lipinski definition) is 1. The lowest BCUT2D eigenvalue weighted by Gasteiger charge is -2.32. The van der Waals surface area contributed by atoms with E-state index in [0.717, 1.165) is 25.0 Å². The standard InChI is InChI=1S/C15H21F2NO/c1-18(12-5-3-2-4-6-12)10-15(19)11-7-8-13(16)14(17)9-11/h7-9,12,15,19H,2-6,10H2,1H3. The Morgan fingerprint density at radius 1 is 1.21 bits per heavy atom. The first-order valence-corrected chi connectivity index (χ1v) is 6.91. The summed E-state index contributed by atoms with van der Waals surface area (Å²) in [6.45, 7) is 0.454. The van der Waals surface area contributed by atoms with Crippen LogP contribution in [-0.2, 0) is 0 Å². The molecule has 1 unspecified atom stereocenters.